The van der Waals surface area contributed by atoms with Crippen molar-refractivity contribution in [2.45, 2.75) is 4.99 Å². The summed E-state index contributed by atoms with van der Waals surface area (Å²) in [6.45, 7) is 0. The number of rotatable bonds is 2. The summed E-state index contributed by atoms with van der Waals surface area (Å²) >= 11 is 3.27. The molecule has 0 saturated heterocycles. The fourth-order valence-electron chi connectivity index (χ4n) is 0.166. The van der Waals surface area contributed by atoms with Crippen molar-refractivity contribution >= 4 is 26.1 Å². The van der Waals surface area contributed by atoms with E-state index in [0.29, 0.717) is 0 Å². The van der Waals surface area contributed by atoms with Crippen LogP contribution >= 0.6 is 20.2 Å². The molecule has 5 nitrogen and oxygen atoms in total. The topological polar surface area (TPSA) is 101 Å². The van der Waals surface area contributed by atoms with Crippen LogP contribution in [0.1, 0.15) is 0 Å². The van der Waals surface area contributed by atoms with Gasteiger partial charge in [0.2, 0.25) is 5.91 Å². The molecule has 7 heteroatoms. The molecular weight excluding hydrogens is 165 g/mol. The maximum Gasteiger partial charge on any atom is 0.347 e. The second kappa shape index (κ2) is 2.70. The van der Waals surface area contributed by atoms with Gasteiger partial charge in [0, 0.05) is 0 Å². The third kappa shape index (κ3) is 2.86. The van der Waals surface area contributed by atoms with Crippen LogP contribution in [-0.4, -0.2) is 20.7 Å². The highest BCUT2D eigenvalue weighted by molar-refractivity contribution is 7.90. The lowest BCUT2D eigenvalue weighted by molar-refractivity contribution is -0.116. The smallest absolute Gasteiger partial charge is 0.347 e. The molecule has 0 rings (SSSR count). The molecule has 0 heterocycles. The van der Waals surface area contributed by atoms with Gasteiger partial charge >= 0.3 is 7.60 Å². The van der Waals surface area contributed by atoms with E-state index in [-0.39, 0.29) is 0 Å². The number of primary amides is 1. The van der Waals surface area contributed by atoms with Crippen molar-refractivity contribution in [3.05, 3.63) is 0 Å². The second-order valence-electron chi connectivity index (χ2n) is 1.37. The summed E-state index contributed by atoms with van der Waals surface area (Å²) in [7, 11) is -4.42. The SMILES string of the molecule is NC(=O)C(S)P(=O)(O)O. The molecule has 0 spiro atoms. The zero-order chi connectivity index (χ0) is 7.65. The summed E-state index contributed by atoms with van der Waals surface area (Å²) in [5.74, 6) is -1.12. The maximum atomic E-state index is 10.1. The van der Waals surface area contributed by atoms with Gasteiger partial charge < -0.3 is 15.5 Å². The summed E-state index contributed by atoms with van der Waals surface area (Å²) in [4.78, 5) is 24.7. The minimum Gasteiger partial charge on any atom is -0.368 e. The Morgan fingerprint density at radius 1 is 1.67 bits per heavy atom. The van der Waals surface area contributed by atoms with Gasteiger partial charge in [0.25, 0.3) is 0 Å². The fraction of sp³-hybridized carbons (Fsp3) is 0.500. The zero-order valence-corrected chi connectivity index (χ0v) is 6.05. The maximum absolute atomic E-state index is 10.1. The van der Waals surface area contributed by atoms with Crippen LogP contribution in [0.25, 0.3) is 0 Å². The summed E-state index contributed by atoms with van der Waals surface area (Å²) in [5.41, 5.74) is 4.51. The summed E-state index contributed by atoms with van der Waals surface area (Å²) in [5, 5.41) is 0. The Bertz CT molecular complexity index is 164. The minimum absolute atomic E-state index is 1.12. The predicted molar refractivity (Wildman–Crippen MR) is 34.0 cm³/mol. The van der Waals surface area contributed by atoms with E-state index in [4.69, 9.17) is 9.79 Å². The van der Waals surface area contributed by atoms with E-state index in [1.165, 1.54) is 0 Å². The van der Waals surface area contributed by atoms with E-state index in [1.54, 1.807) is 0 Å². The Morgan fingerprint density at radius 2 is 2.00 bits per heavy atom. The third-order valence-corrected chi connectivity index (χ3v) is 2.62. The van der Waals surface area contributed by atoms with Crippen LogP contribution in [0, 0.1) is 0 Å². The van der Waals surface area contributed by atoms with Gasteiger partial charge in [-0.15, -0.1) is 0 Å². The summed E-state index contributed by atoms with van der Waals surface area (Å²) in [6, 6.07) is 0. The van der Waals surface area contributed by atoms with E-state index < -0.39 is 18.5 Å². The second-order valence-corrected chi connectivity index (χ2v) is 3.98. The van der Waals surface area contributed by atoms with Crippen molar-refractivity contribution in [2.75, 3.05) is 0 Å². The van der Waals surface area contributed by atoms with Crippen molar-refractivity contribution in [3.8, 4) is 0 Å². The lowest BCUT2D eigenvalue weighted by Gasteiger charge is -2.06. The monoisotopic (exact) mass is 171 g/mol. The predicted octanol–water partition coefficient (Wildman–Crippen LogP) is -1.09. The number of amides is 1. The number of thiol groups is 1. The van der Waals surface area contributed by atoms with Crippen LogP contribution in [-0.2, 0) is 9.36 Å². The first-order valence-electron chi connectivity index (χ1n) is 1.88. The van der Waals surface area contributed by atoms with Gasteiger partial charge in [-0.25, -0.2) is 0 Å². The van der Waals surface area contributed by atoms with Crippen molar-refractivity contribution in [3.63, 3.8) is 0 Å². The van der Waals surface area contributed by atoms with E-state index >= 15 is 0 Å². The molecule has 0 aromatic carbocycles. The van der Waals surface area contributed by atoms with Crippen LogP contribution in [0.3, 0.4) is 0 Å². The standard InChI is InChI=1S/C2H6NO4PS/c3-1(4)2(9)8(5,6)7/h2,9H,(H2,3,4)(H2,5,6,7). The fourth-order valence-corrected chi connectivity index (χ4v) is 0.497. The summed E-state index contributed by atoms with van der Waals surface area (Å²) < 4.78 is 10.1. The van der Waals surface area contributed by atoms with Gasteiger partial charge in [-0.1, -0.05) is 0 Å². The normalized spacial score (nSPS) is 15.0. The molecular formula is C2H6NO4PS. The van der Waals surface area contributed by atoms with E-state index in [1.807, 2.05) is 0 Å². The van der Waals surface area contributed by atoms with Crippen LogP contribution in [0.15, 0.2) is 0 Å². The van der Waals surface area contributed by atoms with Gasteiger partial charge in [-0.2, -0.15) is 12.6 Å². The van der Waals surface area contributed by atoms with Crippen LogP contribution < -0.4 is 5.73 Å². The number of hydrogen-bond acceptors (Lipinski definition) is 3. The third-order valence-electron chi connectivity index (χ3n) is 0.573. The number of nitrogens with two attached hydrogens (primary N) is 1. The van der Waals surface area contributed by atoms with Crippen molar-refractivity contribution in [1.82, 2.24) is 0 Å². The van der Waals surface area contributed by atoms with Gasteiger partial charge in [0.05, 0.1) is 0 Å². The lowest BCUT2D eigenvalue weighted by Crippen LogP contribution is -2.23. The molecule has 0 aliphatic carbocycles. The minimum atomic E-state index is -4.42. The van der Waals surface area contributed by atoms with Gasteiger partial charge in [-0.3, -0.25) is 9.36 Å². The largest absolute Gasteiger partial charge is 0.368 e. The molecule has 0 aliphatic rings. The first kappa shape index (κ1) is 8.97. The van der Waals surface area contributed by atoms with Crippen molar-refractivity contribution in [1.29, 1.82) is 0 Å². The lowest BCUT2D eigenvalue weighted by atomic mass is 10.8. The molecule has 0 aromatic heterocycles. The first-order valence-corrected chi connectivity index (χ1v) is 4.08. The molecule has 0 bridgehead atoms. The first-order chi connectivity index (χ1) is 3.85. The Labute approximate surface area is 56.8 Å². The molecule has 9 heavy (non-hydrogen) atoms. The highest BCUT2D eigenvalue weighted by Gasteiger charge is 2.29. The van der Waals surface area contributed by atoms with Gasteiger partial charge in [-0.05, 0) is 0 Å². The van der Waals surface area contributed by atoms with Crippen LogP contribution in [0.4, 0.5) is 0 Å². The van der Waals surface area contributed by atoms with Crippen LogP contribution in [0.5, 0.6) is 0 Å². The van der Waals surface area contributed by atoms with Crippen LogP contribution in [0.2, 0.25) is 0 Å². The quantitative estimate of drug-likeness (QED) is 0.313. The average molecular weight is 171 g/mol. The van der Waals surface area contributed by atoms with E-state index in [9.17, 15) is 9.36 Å². The number of carbonyl (C=O) groups is 1. The molecule has 0 saturated carbocycles. The Hall–Kier alpha value is -0.0300. The van der Waals surface area contributed by atoms with E-state index in [2.05, 4.69) is 18.4 Å². The van der Waals surface area contributed by atoms with Crippen molar-refractivity contribution in [2.24, 2.45) is 5.73 Å². The summed E-state index contributed by atoms with van der Waals surface area (Å²) in [6.07, 6.45) is 0. The van der Waals surface area contributed by atoms with Crippen molar-refractivity contribution < 1.29 is 19.1 Å². The highest BCUT2D eigenvalue weighted by atomic mass is 32.1. The Kier molecular flexibility index (Phi) is 2.69. The molecule has 0 radical (unpaired) electrons. The van der Waals surface area contributed by atoms with E-state index in [0.717, 1.165) is 0 Å². The molecule has 1 atom stereocenters. The van der Waals surface area contributed by atoms with Gasteiger partial charge in [0.1, 0.15) is 0 Å². The molecule has 0 fully saturated rings. The molecule has 0 aromatic rings. The number of hydrogen-bond donors (Lipinski definition) is 4. The highest BCUT2D eigenvalue weighted by Crippen LogP contribution is 2.42. The molecule has 54 valence electrons. The Morgan fingerprint density at radius 3 is 2.00 bits per heavy atom. The molecule has 4 N–H and O–H groups in total. The average Bonchev–Trinajstić information content (AvgIpc) is 1.62. The zero-order valence-electron chi connectivity index (χ0n) is 4.26. The Balaban J connectivity index is 4.23. The number of carbonyl (C=O) groups excluding carboxylic acids is 1. The molecule has 0 aliphatic heterocycles. The van der Waals surface area contributed by atoms with Gasteiger partial charge in [0.15, 0.2) is 4.99 Å². The molecule has 1 unspecified atom stereocenters. The molecule has 1 amide bonds.